The van der Waals surface area contributed by atoms with E-state index < -0.39 is 5.91 Å². The summed E-state index contributed by atoms with van der Waals surface area (Å²) in [5.41, 5.74) is 6.80. The lowest BCUT2D eigenvalue weighted by Crippen LogP contribution is -2.14. The Morgan fingerprint density at radius 2 is 1.84 bits per heavy atom. The van der Waals surface area contributed by atoms with Gasteiger partial charge in [-0.3, -0.25) is 9.59 Å². The van der Waals surface area contributed by atoms with E-state index in [1.54, 1.807) is 48.5 Å². The van der Waals surface area contributed by atoms with Crippen LogP contribution in [0.1, 0.15) is 11.1 Å². The van der Waals surface area contributed by atoms with Gasteiger partial charge in [-0.1, -0.05) is 41.4 Å². The number of rotatable bonds is 5. The number of hydrogen-bond acceptors (Lipinski definition) is 3. The molecule has 0 saturated heterocycles. The number of nitrogens with two attached hydrogens (primary N) is 1. The zero-order valence-electron chi connectivity index (χ0n) is 12.9. The Morgan fingerprint density at radius 1 is 1.16 bits per heavy atom. The summed E-state index contributed by atoms with van der Waals surface area (Å²) >= 11 is 11.9. The zero-order chi connectivity index (χ0) is 18.4. The minimum Gasteiger partial charge on any atom is -0.365 e. The molecule has 126 valence electrons. The summed E-state index contributed by atoms with van der Waals surface area (Å²) in [4.78, 5) is 23.1. The molecule has 25 heavy (non-hydrogen) atoms. The van der Waals surface area contributed by atoms with Gasteiger partial charge in [0.25, 0.3) is 5.91 Å². The van der Waals surface area contributed by atoms with Gasteiger partial charge in [-0.2, -0.15) is 5.26 Å². The van der Waals surface area contributed by atoms with Crippen molar-refractivity contribution in [2.75, 3.05) is 5.32 Å². The van der Waals surface area contributed by atoms with Gasteiger partial charge in [-0.25, -0.2) is 0 Å². The van der Waals surface area contributed by atoms with Crippen molar-refractivity contribution in [3.05, 3.63) is 69.2 Å². The zero-order valence-corrected chi connectivity index (χ0v) is 14.4. The summed E-state index contributed by atoms with van der Waals surface area (Å²) in [6, 6.07) is 13.3. The first kappa shape index (κ1) is 18.5. The molecule has 0 heterocycles. The first-order chi connectivity index (χ1) is 11.9. The maximum absolute atomic E-state index is 12.1. The van der Waals surface area contributed by atoms with Crippen molar-refractivity contribution >= 4 is 46.8 Å². The van der Waals surface area contributed by atoms with Crippen LogP contribution in [0.2, 0.25) is 10.0 Å². The second kappa shape index (κ2) is 8.34. The quantitative estimate of drug-likeness (QED) is 0.619. The smallest absolute Gasteiger partial charge is 0.259 e. The largest absolute Gasteiger partial charge is 0.365 e. The van der Waals surface area contributed by atoms with Crippen LogP contribution in [0, 0.1) is 11.3 Å². The number of carbonyl (C=O) groups excluding carboxylic acids is 2. The summed E-state index contributed by atoms with van der Waals surface area (Å²) in [7, 11) is 0. The van der Waals surface area contributed by atoms with Crippen molar-refractivity contribution in [2.45, 2.75) is 6.42 Å². The first-order valence-corrected chi connectivity index (χ1v) is 7.90. The van der Waals surface area contributed by atoms with Crippen LogP contribution in [0.3, 0.4) is 0 Å². The molecule has 0 aliphatic heterocycles. The van der Waals surface area contributed by atoms with Gasteiger partial charge < -0.3 is 11.1 Å². The van der Waals surface area contributed by atoms with Gasteiger partial charge in [0.1, 0.15) is 11.6 Å². The van der Waals surface area contributed by atoms with Crippen molar-refractivity contribution < 1.29 is 9.59 Å². The molecule has 2 aromatic rings. The number of nitrogens with one attached hydrogen (secondary N) is 1. The third-order valence-corrected chi connectivity index (χ3v) is 3.84. The predicted octanol–water partition coefficient (Wildman–Crippen LogP) is 3.57. The highest BCUT2D eigenvalue weighted by Crippen LogP contribution is 2.22. The predicted molar refractivity (Wildman–Crippen MR) is 98.0 cm³/mol. The van der Waals surface area contributed by atoms with E-state index in [0.29, 0.717) is 26.9 Å². The Kier molecular flexibility index (Phi) is 6.18. The molecule has 0 saturated carbocycles. The van der Waals surface area contributed by atoms with Crippen LogP contribution in [0.4, 0.5) is 5.69 Å². The Bertz CT molecular complexity index is 884. The summed E-state index contributed by atoms with van der Waals surface area (Å²) in [6.07, 6.45) is 1.49. The molecule has 0 aliphatic rings. The van der Waals surface area contributed by atoms with Crippen molar-refractivity contribution in [3.63, 3.8) is 0 Å². The molecule has 0 atom stereocenters. The Hall–Kier alpha value is -2.81. The minimum absolute atomic E-state index is 0.109. The van der Waals surface area contributed by atoms with E-state index in [-0.39, 0.29) is 17.9 Å². The van der Waals surface area contributed by atoms with E-state index in [4.69, 9.17) is 34.2 Å². The lowest BCUT2D eigenvalue weighted by Gasteiger charge is -2.07. The maximum atomic E-state index is 12.1. The molecule has 0 aliphatic carbocycles. The number of primary amides is 1. The van der Waals surface area contributed by atoms with Gasteiger partial charge in [-0.15, -0.1) is 0 Å². The van der Waals surface area contributed by atoms with Crippen molar-refractivity contribution in [1.82, 2.24) is 0 Å². The van der Waals surface area contributed by atoms with E-state index >= 15 is 0 Å². The average molecular weight is 374 g/mol. The fourth-order valence-electron chi connectivity index (χ4n) is 2.03. The number of benzene rings is 2. The molecule has 3 N–H and O–H groups in total. The molecule has 0 aromatic heterocycles. The molecule has 0 bridgehead atoms. The van der Waals surface area contributed by atoms with Crippen LogP contribution in [0.15, 0.2) is 48.0 Å². The van der Waals surface area contributed by atoms with E-state index in [1.807, 2.05) is 0 Å². The number of hydrogen-bond donors (Lipinski definition) is 2. The van der Waals surface area contributed by atoms with Gasteiger partial charge in [0.2, 0.25) is 5.91 Å². The lowest BCUT2D eigenvalue weighted by atomic mass is 10.1. The Labute approximate surface area is 154 Å². The maximum Gasteiger partial charge on any atom is 0.259 e. The van der Waals surface area contributed by atoms with Crippen molar-refractivity contribution in [3.8, 4) is 6.07 Å². The molecule has 7 heteroatoms. The number of nitriles is 1. The minimum atomic E-state index is -0.792. The van der Waals surface area contributed by atoms with Gasteiger partial charge in [0.15, 0.2) is 0 Å². The molecule has 2 rings (SSSR count). The van der Waals surface area contributed by atoms with Crippen LogP contribution in [0.5, 0.6) is 0 Å². The number of nitrogens with zero attached hydrogens (tertiary/aromatic N) is 1. The fourth-order valence-corrected chi connectivity index (χ4v) is 2.51. The standard InChI is InChI=1S/C18H13Cl2N3O2/c19-14-4-3-12(16(20)9-14)8-17(24)23-15-5-1-11(2-6-15)7-13(10-21)18(22)25/h1-7,9H,8H2,(H2,22,25)(H,23,24). The molecular weight excluding hydrogens is 361 g/mol. The van der Waals surface area contributed by atoms with E-state index in [0.717, 1.165) is 0 Å². The van der Waals surface area contributed by atoms with Gasteiger partial charge >= 0.3 is 0 Å². The summed E-state index contributed by atoms with van der Waals surface area (Å²) in [5.74, 6) is -1.03. The summed E-state index contributed by atoms with van der Waals surface area (Å²) in [6.45, 7) is 0. The topological polar surface area (TPSA) is 96.0 Å². The number of amides is 2. The number of anilines is 1. The molecule has 5 nitrogen and oxygen atoms in total. The summed E-state index contributed by atoms with van der Waals surface area (Å²) in [5, 5.41) is 12.5. The van der Waals surface area contributed by atoms with Gasteiger partial charge in [0.05, 0.1) is 6.42 Å². The van der Waals surface area contributed by atoms with Crippen LogP contribution in [-0.4, -0.2) is 11.8 Å². The van der Waals surface area contributed by atoms with Crippen LogP contribution < -0.4 is 11.1 Å². The van der Waals surface area contributed by atoms with Crippen LogP contribution in [-0.2, 0) is 16.0 Å². The van der Waals surface area contributed by atoms with Crippen LogP contribution >= 0.6 is 23.2 Å². The molecule has 0 spiro atoms. The average Bonchev–Trinajstić information content (AvgIpc) is 2.56. The van der Waals surface area contributed by atoms with Crippen LogP contribution in [0.25, 0.3) is 6.08 Å². The molecular formula is C18H13Cl2N3O2. The molecule has 2 amide bonds. The highest BCUT2D eigenvalue weighted by atomic mass is 35.5. The normalized spacial score (nSPS) is 10.8. The Balaban J connectivity index is 2.04. The molecule has 0 radical (unpaired) electrons. The molecule has 0 unspecified atom stereocenters. The molecule has 0 fully saturated rings. The van der Waals surface area contributed by atoms with Crippen molar-refractivity contribution in [1.29, 1.82) is 5.26 Å². The second-order valence-corrected chi connectivity index (χ2v) is 5.96. The van der Waals surface area contributed by atoms with Gasteiger partial charge in [-0.05, 0) is 41.5 Å². The second-order valence-electron chi connectivity index (χ2n) is 5.12. The van der Waals surface area contributed by atoms with Crippen molar-refractivity contribution in [2.24, 2.45) is 5.73 Å². The van der Waals surface area contributed by atoms with E-state index in [2.05, 4.69) is 5.32 Å². The SMILES string of the molecule is N#CC(=Cc1ccc(NC(=O)Cc2ccc(Cl)cc2Cl)cc1)C(N)=O. The Morgan fingerprint density at radius 3 is 2.40 bits per heavy atom. The number of halogens is 2. The third-order valence-electron chi connectivity index (χ3n) is 3.26. The first-order valence-electron chi connectivity index (χ1n) is 7.14. The monoisotopic (exact) mass is 373 g/mol. The van der Waals surface area contributed by atoms with E-state index in [9.17, 15) is 9.59 Å². The highest BCUT2D eigenvalue weighted by Gasteiger charge is 2.08. The lowest BCUT2D eigenvalue weighted by molar-refractivity contribution is -0.116. The van der Waals surface area contributed by atoms with E-state index in [1.165, 1.54) is 6.08 Å². The highest BCUT2D eigenvalue weighted by molar-refractivity contribution is 6.35. The van der Waals surface area contributed by atoms with Gasteiger partial charge in [0, 0.05) is 15.7 Å². The molecule has 2 aromatic carbocycles. The third kappa shape index (κ3) is 5.35. The summed E-state index contributed by atoms with van der Waals surface area (Å²) < 4.78 is 0. The fraction of sp³-hybridized carbons (Fsp3) is 0.0556. The number of carbonyl (C=O) groups is 2.